The molecule has 0 aromatic heterocycles. The molecule has 1 aromatic carbocycles. The van der Waals surface area contributed by atoms with Crippen molar-refractivity contribution in [1.29, 1.82) is 0 Å². The molecule has 0 saturated heterocycles. The number of sulfonamides is 1. The van der Waals surface area contributed by atoms with E-state index in [4.69, 9.17) is 5.11 Å². The maximum Gasteiger partial charge on any atom is 0.241 e. The summed E-state index contributed by atoms with van der Waals surface area (Å²) < 4.78 is 27.1. The van der Waals surface area contributed by atoms with Crippen LogP contribution < -0.4 is 4.72 Å². The first kappa shape index (κ1) is 15.1. The first-order valence-corrected chi connectivity index (χ1v) is 7.46. The summed E-state index contributed by atoms with van der Waals surface area (Å²) in [6, 6.07) is 5.03. The molecule has 0 fully saturated rings. The molecule has 0 amide bonds. The van der Waals surface area contributed by atoms with Gasteiger partial charge in [0, 0.05) is 12.6 Å². The van der Waals surface area contributed by atoms with E-state index in [1.807, 2.05) is 13.0 Å². The molecule has 2 N–H and O–H groups in total. The lowest BCUT2D eigenvalue weighted by Crippen LogP contribution is -2.38. The molecule has 5 heteroatoms. The summed E-state index contributed by atoms with van der Waals surface area (Å²) in [6.45, 7) is 7.14. The standard InChI is InChI=1S/C13H21NO3S/c1-9-5-6-10(2)13(7-9)18(16,17)14-12(4)11(3)8-15/h5-7,11-12,14-15H,8H2,1-4H3. The number of aliphatic hydroxyl groups excluding tert-OH is 1. The summed E-state index contributed by atoms with van der Waals surface area (Å²) in [4.78, 5) is 0.305. The molecule has 1 aromatic rings. The minimum atomic E-state index is -3.53. The van der Waals surface area contributed by atoms with Gasteiger partial charge < -0.3 is 5.11 Å². The third kappa shape index (κ3) is 3.54. The van der Waals surface area contributed by atoms with Gasteiger partial charge in [0.2, 0.25) is 10.0 Å². The zero-order valence-electron chi connectivity index (χ0n) is 11.3. The molecule has 0 aliphatic rings. The molecule has 0 heterocycles. The Morgan fingerprint density at radius 2 is 1.89 bits per heavy atom. The smallest absolute Gasteiger partial charge is 0.241 e. The summed E-state index contributed by atoms with van der Waals surface area (Å²) in [6.07, 6.45) is 0. The summed E-state index contributed by atoms with van der Waals surface area (Å²) >= 11 is 0. The SMILES string of the molecule is Cc1ccc(C)c(S(=O)(=O)NC(C)C(C)CO)c1. The molecule has 2 atom stereocenters. The number of aryl methyl sites for hydroxylation is 2. The molecule has 18 heavy (non-hydrogen) atoms. The summed E-state index contributed by atoms with van der Waals surface area (Å²) in [5.74, 6) is -0.120. The Morgan fingerprint density at radius 1 is 1.28 bits per heavy atom. The maximum atomic E-state index is 12.2. The van der Waals surface area contributed by atoms with Crippen molar-refractivity contribution in [3.8, 4) is 0 Å². The quantitative estimate of drug-likeness (QED) is 0.855. The second kappa shape index (κ2) is 5.82. The predicted octanol–water partition coefficient (Wildman–Crippen LogP) is 1.60. The molecule has 0 aliphatic carbocycles. The van der Waals surface area contributed by atoms with Crippen LogP contribution in [0.5, 0.6) is 0 Å². The Bertz CT molecular complexity index is 511. The fourth-order valence-electron chi connectivity index (χ4n) is 1.58. The number of hydrogen-bond acceptors (Lipinski definition) is 3. The van der Waals surface area contributed by atoms with Crippen LogP contribution in [0.15, 0.2) is 23.1 Å². The van der Waals surface area contributed by atoms with E-state index >= 15 is 0 Å². The van der Waals surface area contributed by atoms with Crippen LogP contribution in [0, 0.1) is 19.8 Å². The van der Waals surface area contributed by atoms with Crippen LogP contribution in [0.4, 0.5) is 0 Å². The van der Waals surface area contributed by atoms with Crippen molar-refractivity contribution in [3.05, 3.63) is 29.3 Å². The average molecular weight is 271 g/mol. The van der Waals surface area contributed by atoms with Gasteiger partial charge in [-0.1, -0.05) is 19.1 Å². The average Bonchev–Trinajstić information content (AvgIpc) is 2.30. The van der Waals surface area contributed by atoms with Crippen LogP contribution in [0.1, 0.15) is 25.0 Å². The number of hydrogen-bond donors (Lipinski definition) is 2. The summed E-state index contributed by atoms with van der Waals surface area (Å²) in [5, 5.41) is 9.04. The van der Waals surface area contributed by atoms with Gasteiger partial charge in [0.1, 0.15) is 0 Å². The van der Waals surface area contributed by atoms with E-state index in [-0.39, 0.29) is 18.6 Å². The molecule has 0 aliphatic heterocycles. The maximum absolute atomic E-state index is 12.2. The van der Waals surface area contributed by atoms with Crippen molar-refractivity contribution in [2.24, 2.45) is 5.92 Å². The molecule has 0 spiro atoms. The van der Waals surface area contributed by atoms with Crippen LogP contribution in [-0.2, 0) is 10.0 Å². The number of aliphatic hydroxyl groups is 1. The Morgan fingerprint density at radius 3 is 2.44 bits per heavy atom. The summed E-state index contributed by atoms with van der Waals surface area (Å²) in [5.41, 5.74) is 1.63. The van der Waals surface area contributed by atoms with Crippen LogP contribution in [0.25, 0.3) is 0 Å². The fraction of sp³-hybridized carbons (Fsp3) is 0.538. The molecule has 1 rings (SSSR count). The number of benzene rings is 1. The molecular formula is C13H21NO3S. The molecular weight excluding hydrogens is 250 g/mol. The van der Waals surface area contributed by atoms with Gasteiger partial charge >= 0.3 is 0 Å². The van der Waals surface area contributed by atoms with E-state index < -0.39 is 10.0 Å². The molecule has 4 nitrogen and oxygen atoms in total. The molecule has 0 bridgehead atoms. The highest BCUT2D eigenvalue weighted by Crippen LogP contribution is 2.17. The lowest BCUT2D eigenvalue weighted by atomic mass is 10.1. The first-order chi connectivity index (χ1) is 8.27. The largest absolute Gasteiger partial charge is 0.396 e. The van der Waals surface area contributed by atoms with Crippen molar-refractivity contribution in [2.45, 2.75) is 38.6 Å². The zero-order valence-corrected chi connectivity index (χ0v) is 12.1. The van der Waals surface area contributed by atoms with Gasteiger partial charge in [0.15, 0.2) is 0 Å². The minimum absolute atomic E-state index is 0.0452. The van der Waals surface area contributed by atoms with Gasteiger partial charge in [-0.25, -0.2) is 13.1 Å². The van der Waals surface area contributed by atoms with E-state index in [2.05, 4.69) is 4.72 Å². The van der Waals surface area contributed by atoms with Crippen LogP contribution in [0.2, 0.25) is 0 Å². The van der Waals surface area contributed by atoms with Gasteiger partial charge in [0.25, 0.3) is 0 Å². The fourth-order valence-corrected chi connectivity index (χ4v) is 3.26. The van der Waals surface area contributed by atoms with Gasteiger partial charge in [0.05, 0.1) is 4.90 Å². The molecule has 0 radical (unpaired) electrons. The lowest BCUT2D eigenvalue weighted by molar-refractivity contribution is 0.216. The Labute approximate surface area is 109 Å². The second-order valence-electron chi connectivity index (χ2n) is 4.84. The van der Waals surface area contributed by atoms with Crippen molar-refractivity contribution < 1.29 is 13.5 Å². The van der Waals surface area contributed by atoms with E-state index in [0.29, 0.717) is 4.90 Å². The Kier molecular flexibility index (Phi) is 4.90. The Balaban J connectivity index is 3.03. The highest BCUT2D eigenvalue weighted by Gasteiger charge is 2.22. The summed E-state index contributed by atoms with van der Waals surface area (Å²) in [7, 11) is -3.53. The van der Waals surface area contributed by atoms with Crippen LogP contribution in [-0.4, -0.2) is 26.2 Å². The lowest BCUT2D eigenvalue weighted by Gasteiger charge is -2.20. The third-order valence-electron chi connectivity index (χ3n) is 3.12. The third-order valence-corrected chi connectivity index (χ3v) is 4.82. The van der Waals surface area contributed by atoms with Gasteiger partial charge in [-0.3, -0.25) is 0 Å². The highest BCUT2D eigenvalue weighted by atomic mass is 32.2. The van der Waals surface area contributed by atoms with Gasteiger partial charge in [-0.15, -0.1) is 0 Å². The van der Waals surface area contributed by atoms with E-state index in [1.54, 1.807) is 32.9 Å². The van der Waals surface area contributed by atoms with Gasteiger partial charge in [-0.2, -0.15) is 0 Å². The first-order valence-electron chi connectivity index (χ1n) is 5.98. The van der Waals surface area contributed by atoms with Crippen molar-refractivity contribution in [3.63, 3.8) is 0 Å². The monoisotopic (exact) mass is 271 g/mol. The van der Waals surface area contributed by atoms with E-state index in [9.17, 15) is 8.42 Å². The molecule has 0 saturated carbocycles. The predicted molar refractivity (Wildman–Crippen MR) is 71.9 cm³/mol. The number of rotatable bonds is 5. The van der Waals surface area contributed by atoms with Crippen LogP contribution >= 0.6 is 0 Å². The number of nitrogens with one attached hydrogen (secondary N) is 1. The minimum Gasteiger partial charge on any atom is -0.396 e. The molecule has 102 valence electrons. The normalized spacial score (nSPS) is 15.4. The van der Waals surface area contributed by atoms with Crippen molar-refractivity contribution in [2.75, 3.05) is 6.61 Å². The Hall–Kier alpha value is -0.910. The highest BCUT2D eigenvalue weighted by molar-refractivity contribution is 7.89. The van der Waals surface area contributed by atoms with Crippen LogP contribution in [0.3, 0.4) is 0 Å². The van der Waals surface area contributed by atoms with Crippen molar-refractivity contribution in [1.82, 2.24) is 4.72 Å². The topological polar surface area (TPSA) is 66.4 Å². The molecule has 2 unspecified atom stereocenters. The van der Waals surface area contributed by atoms with E-state index in [0.717, 1.165) is 11.1 Å². The van der Waals surface area contributed by atoms with Gasteiger partial charge in [-0.05, 0) is 43.9 Å². The second-order valence-corrected chi connectivity index (χ2v) is 6.52. The zero-order chi connectivity index (χ0) is 13.9. The van der Waals surface area contributed by atoms with Crippen molar-refractivity contribution >= 4 is 10.0 Å². The van der Waals surface area contributed by atoms with E-state index in [1.165, 1.54) is 0 Å².